The van der Waals surface area contributed by atoms with Crippen molar-refractivity contribution >= 4 is 76.2 Å². The number of hydrogen-bond donors (Lipinski definition) is 0. The number of rotatable bonds is 4. The average molecular weight is 529 g/mol. The van der Waals surface area contributed by atoms with Crippen molar-refractivity contribution in [3.8, 4) is 0 Å². The number of fused-ring (bicyclic) bond motifs is 2. The Morgan fingerprint density at radius 1 is 0.571 bits per heavy atom. The van der Waals surface area contributed by atoms with Gasteiger partial charge in [-0.15, -0.1) is 0 Å². The molecule has 0 unspecified atom stereocenters. The van der Waals surface area contributed by atoms with Gasteiger partial charge in [0.1, 0.15) is 20.2 Å². The molecule has 0 aliphatic carbocycles. The number of nitro groups is 2. The summed E-state index contributed by atoms with van der Waals surface area (Å²) >= 11 is 0. The monoisotopic (exact) mass is 528 g/mol. The summed E-state index contributed by atoms with van der Waals surface area (Å²) in [5.74, 6) is 0. The van der Waals surface area contributed by atoms with Gasteiger partial charge in [0.2, 0.25) is 0 Å². The summed E-state index contributed by atoms with van der Waals surface area (Å²) in [6.45, 7) is 0. The van der Waals surface area contributed by atoms with Crippen LogP contribution in [0, 0.1) is 20.2 Å². The van der Waals surface area contributed by atoms with E-state index in [2.05, 4.69) is 0 Å². The van der Waals surface area contributed by atoms with Crippen LogP contribution in [-0.2, 0) is 20.2 Å². The molecule has 0 aliphatic heterocycles. The van der Waals surface area contributed by atoms with Gasteiger partial charge in [-0.25, -0.2) is 16.8 Å². The van der Waals surface area contributed by atoms with E-state index in [4.69, 9.17) is 0 Å². The van der Waals surface area contributed by atoms with E-state index in [0.29, 0.717) is 21.5 Å². The van der Waals surface area contributed by atoms with Gasteiger partial charge in [-0.1, -0.05) is 24.3 Å². The van der Waals surface area contributed by atoms with E-state index in [-0.39, 0.29) is 34.4 Å². The van der Waals surface area contributed by atoms with Crippen LogP contribution in [0.15, 0.2) is 82.6 Å². The predicted octanol–water partition coefficient (Wildman–Crippen LogP) is 2.92. The van der Waals surface area contributed by atoms with Crippen LogP contribution in [0.5, 0.6) is 0 Å². The molecule has 0 heterocycles. The molecule has 0 aromatic heterocycles. The first-order valence-corrected chi connectivity index (χ1v) is 11.9. The van der Waals surface area contributed by atoms with Crippen molar-refractivity contribution in [3.05, 3.63) is 93.0 Å². The number of non-ortho nitro benzene ring substituents is 2. The molecule has 4 aromatic rings. The van der Waals surface area contributed by atoms with Crippen LogP contribution in [0.4, 0.5) is 11.4 Å². The van der Waals surface area contributed by atoms with Crippen molar-refractivity contribution in [3.63, 3.8) is 0 Å². The van der Waals surface area contributed by atoms with E-state index in [1.165, 1.54) is 48.5 Å². The second-order valence-electron chi connectivity index (χ2n) is 6.74. The molecule has 0 radical (unpaired) electrons. The maximum Gasteiger partial charge on any atom is 2.00 e. The van der Waals surface area contributed by atoms with Gasteiger partial charge in [-0.2, -0.15) is 0 Å². The minimum absolute atomic E-state index is 0. The molecule has 4 aromatic carbocycles. The fraction of sp³-hybridized carbons (Fsp3) is 0. The van der Waals surface area contributed by atoms with Gasteiger partial charge in [0.05, 0.1) is 30.4 Å². The van der Waals surface area contributed by atoms with Gasteiger partial charge in [0, 0.05) is 12.1 Å². The number of benzene rings is 4. The molecule has 0 saturated heterocycles. The van der Waals surface area contributed by atoms with Crippen LogP contribution >= 0.6 is 0 Å². The maximum absolute atomic E-state index is 10.8. The summed E-state index contributed by atoms with van der Waals surface area (Å²) in [6, 6.07) is 15.4. The molecule has 176 valence electrons. The van der Waals surface area contributed by atoms with Gasteiger partial charge >= 0.3 is 23.1 Å². The molecule has 0 N–H and O–H groups in total. The maximum atomic E-state index is 10.8. The molecule has 0 fully saturated rings. The van der Waals surface area contributed by atoms with Crippen LogP contribution in [0.25, 0.3) is 21.5 Å². The topological polar surface area (TPSA) is 201 Å². The van der Waals surface area contributed by atoms with Crippen LogP contribution in [-0.4, -0.2) is 58.8 Å². The second-order valence-corrected chi connectivity index (χ2v) is 9.50. The third-order valence-corrected chi connectivity index (χ3v) is 6.29. The molecule has 35 heavy (non-hydrogen) atoms. The van der Waals surface area contributed by atoms with E-state index >= 15 is 0 Å². The SMILES string of the molecule is O=[N+]([O-])c1cccc2cc(S(=O)(=O)[O-])ccc12.O=[N+]([O-])c1cccc2cc(S(=O)(=O)[O-])ccc12.[Mg+2]. The summed E-state index contributed by atoms with van der Waals surface area (Å²) < 4.78 is 64.8. The Bertz CT molecular complexity index is 1550. The first kappa shape index (κ1) is 28.0. The van der Waals surface area contributed by atoms with Crippen LogP contribution in [0.3, 0.4) is 0 Å². The molecule has 4 rings (SSSR count). The van der Waals surface area contributed by atoms with Gasteiger partial charge in [-0.3, -0.25) is 20.2 Å². The third-order valence-electron chi connectivity index (χ3n) is 4.63. The molecular formula is C20H12MgN2O10S2. The van der Waals surface area contributed by atoms with E-state index in [1.54, 1.807) is 0 Å². The first-order valence-electron chi connectivity index (χ1n) is 9.05. The van der Waals surface area contributed by atoms with Crippen LogP contribution in [0.2, 0.25) is 0 Å². The molecular weight excluding hydrogens is 517 g/mol. The van der Waals surface area contributed by atoms with E-state index in [9.17, 15) is 46.2 Å². The standard InChI is InChI=1S/2C10H7NO5S.Mg/c2*12-11(13)10-3-1-2-7-6-8(17(14,15)16)4-5-9(7)10;/h2*1-6H,(H,14,15,16);/q;;+2/p-2. The van der Waals surface area contributed by atoms with Crippen molar-refractivity contribution < 1.29 is 35.8 Å². The number of hydrogen-bond acceptors (Lipinski definition) is 10. The molecule has 0 bridgehead atoms. The number of nitrogens with zero attached hydrogens (tertiary/aromatic N) is 2. The van der Waals surface area contributed by atoms with Crippen LogP contribution < -0.4 is 0 Å². The normalized spacial score (nSPS) is 11.3. The van der Waals surface area contributed by atoms with Gasteiger partial charge < -0.3 is 9.11 Å². The average Bonchev–Trinajstić information content (AvgIpc) is 2.76. The Morgan fingerprint density at radius 2 is 0.914 bits per heavy atom. The summed E-state index contributed by atoms with van der Waals surface area (Å²) in [7, 11) is -9.09. The first-order chi connectivity index (χ1) is 15.8. The largest absolute Gasteiger partial charge is 2.00 e. The molecule has 15 heteroatoms. The Morgan fingerprint density at radius 3 is 1.20 bits per heavy atom. The minimum atomic E-state index is -4.55. The summed E-state index contributed by atoms with van der Waals surface area (Å²) in [5, 5.41) is 22.7. The van der Waals surface area contributed by atoms with Crippen molar-refractivity contribution in [2.75, 3.05) is 0 Å². The fourth-order valence-corrected chi connectivity index (χ4v) is 4.13. The molecule has 12 nitrogen and oxygen atoms in total. The fourth-order valence-electron chi connectivity index (χ4n) is 3.12. The molecule has 0 atom stereocenters. The quantitative estimate of drug-likeness (QED) is 0.164. The molecule has 0 spiro atoms. The van der Waals surface area contributed by atoms with Gasteiger partial charge in [0.15, 0.2) is 0 Å². The van der Waals surface area contributed by atoms with E-state index in [0.717, 1.165) is 24.3 Å². The third kappa shape index (κ3) is 6.47. The Kier molecular flexibility index (Phi) is 8.48. The van der Waals surface area contributed by atoms with Crippen molar-refractivity contribution in [2.24, 2.45) is 0 Å². The Balaban J connectivity index is 0.000000240. The van der Waals surface area contributed by atoms with Gasteiger partial charge in [0.25, 0.3) is 11.4 Å². The summed E-state index contributed by atoms with van der Waals surface area (Å²) in [5.41, 5.74) is -0.255. The predicted molar refractivity (Wildman–Crippen MR) is 123 cm³/mol. The molecule has 0 aliphatic rings. The number of nitro benzene ring substituents is 2. The zero-order valence-corrected chi connectivity index (χ0v) is 20.5. The van der Waals surface area contributed by atoms with E-state index < -0.39 is 39.9 Å². The van der Waals surface area contributed by atoms with Crippen molar-refractivity contribution in [2.45, 2.75) is 9.79 Å². The summed E-state index contributed by atoms with van der Waals surface area (Å²) in [6.07, 6.45) is 0. The molecule has 0 amide bonds. The zero-order chi connectivity index (χ0) is 25.3. The second kappa shape index (κ2) is 10.6. The Hall–Kier alpha value is -3.21. The van der Waals surface area contributed by atoms with Crippen LogP contribution in [0.1, 0.15) is 0 Å². The van der Waals surface area contributed by atoms with E-state index in [1.807, 2.05) is 0 Å². The Labute approximate surface area is 214 Å². The van der Waals surface area contributed by atoms with Crippen molar-refractivity contribution in [1.29, 1.82) is 0 Å². The van der Waals surface area contributed by atoms with Gasteiger partial charge in [-0.05, 0) is 47.2 Å². The minimum Gasteiger partial charge on any atom is -0.744 e. The summed E-state index contributed by atoms with van der Waals surface area (Å²) in [4.78, 5) is 19.5. The zero-order valence-electron chi connectivity index (χ0n) is 17.4. The van der Waals surface area contributed by atoms with Crippen molar-refractivity contribution in [1.82, 2.24) is 0 Å². The smallest absolute Gasteiger partial charge is 0.744 e. The molecule has 0 saturated carbocycles.